The number of ether oxygens (including phenoxy) is 2. The van der Waals surface area contributed by atoms with Gasteiger partial charge in [-0.25, -0.2) is 4.79 Å². The monoisotopic (exact) mass is 498 g/mol. The maximum atomic E-state index is 12.8. The molecule has 1 N–H and O–H groups in total. The fourth-order valence-electron chi connectivity index (χ4n) is 3.15. The average molecular weight is 499 g/mol. The number of carbonyl (C=O) groups excluding carboxylic acids is 3. The number of fused-ring (bicyclic) bond motifs is 1. The summed E-state index contributed by atoms with van der Waals surface area (Å²) in [7, 11) is -1.47. The molecule has 10 heteroatoms. The number of para-hydroxylation sites is 1. The number of esters is 1. The van der Waals surface area contributed by atoms with E-state index in [0.29, 0.717) is 11.3 Å². The van der Waals surface area contributed by atoms with Crippen molar-refractivity contribution in [1.29, 1.82) is 0 Å². The van der Waals surface area contributed by atoms with Crippen LogP contribution in [-0.4, -0.2) is 61.6 Å². The molecular weight excluding hydrogens is 476 g/mol. The number of hydrogen-bond acceptors (Lipinski definition) is 6. The van der Waals surface area contributed by atoms with Gasteiger partial charge in [-0.15, -0.1) is 0 Å². The van der Waals surface area contributed by atoms with E-state index in [9.17, 15) is 18.6 Å². The Hall–Kier alpha value is -2.20. The maximum absolute atomic E-state index is 12.8. The highest BCUT2D eigenvalue weighted by molar-refractivity contribution is 9.09. The number of nitrogens with one attached hydrogen (secondary N) is 1. The van der Waals surface area contributed by atoms with Crippen LogP contribution in [0.3, 0.4) is 0 Å². The molecule has 0 aliphatic carbocycles. The zero-order chi connectivity index (χ0) is 22.1. The van der Waals surface area contributed by atoms with Crippen LogP contribution in [0, 0.1) is 0 Å². The second-order valence-corrected chi connectivity index (χ2v) is 9.95. The van der Waals surface area contributed by atoms with Gasteiger partial charge in [0, 0.05) is 5.33 Å². The molecule has 8 nitrogen and oxygen atoms in total. The molecule has 1 fully saturated rings. The molecule has 0 unspecified atom stereocenters. The molecule has 0 bridgehead atoms. The van der Waals surface area contributed by atoms with Crippen molar-refractivity contribution < 1.29 is 28.1 Å². The summed E-state index contributed by atoms with van der Waals surface area (Å²) in [5, 5.41) is 2.04. The summed E-state index contributed by atoms with van der Waals surface area (Å²) >= 11 is 3.29. The molecule has 2 heterocycles. The third-order valence-electron chi connectivity index (χ3n) is 4.39. The zero-order valence-corrected chi connectivity index (χ0v) is 19.2. The highest BCUT2D eigenvalue weighted by Gasteiger charge is 2.57. The molecular formula is C20H23BrN2O6S. The topological polar surface area (TPSA) is 102 Å². The number of nitrogens with zero attached hydrogens (tertiary/aromatic N) is 1. The number of carbonyl (C=O) groups is 3. The smallest absolute Gasteiger partial charge is 0.355 e. The van der Waals surface area contributed by atoms with Crippen molar-refractivity contribution in [1.82, 2.24) is 10.2 Å². The average Bonchev–Trinajstić information content (AvgIpc) is 2.69. The fourth-order valence-corrected chi connectivity index (χ4v) is 5.56. The molecule has 2 aliphatic heterocycles. The third kappa shape index (κ3) is 4.75. The van der Waals surface area contributed by atoms with E-state index in [4.69, 9.17) is 9.47 Å². The largest absolute Gasteiger partial charge is 0.484 e. The van der Waals surface area contributed by atoms with Crippen molar-refractivity contribution >= 4 is 44.5 Å². The predicted molar refractivity (Wildman–Crippen MR) is 114 cm³/mol. The third-order valence-corrected chi connectivity index (χ3v) is 6.72. The van der Waals surface area contributed by atoms with Crippen LogP contribution < -0.4 is 10.1 Å². The fraction of sp³-hybridized carbons (Fsp3) is 0.450. The van der Waals surface area contributed by atoms with Crippen LogP contribution in [0.4, 0.5) is 0 Å². The van der Waals surface area contributed by atoms with Gasteiger partial charge in [-0.05, 0) is 38.5 Å². The lowest BCUT2D eigenvalue weighted by Crippen LogP contribution is -2.74. The Balaban J connectivity index is 1.71. The molecule has 3 atom stereocenters. The summed E-state index contributed by atoms with van der Waals surface area (Å²) in [5.41, 5.74) is -0.115. The summed E-state index contributed by atoms with van der Waals surface area (Å²) in [6.07, 6.45) is 0. The number of rotatable bonds is 6. The first-order valence-electron chi connectivity index (χ1n) is 9.31. The second-order valence-electron chi connectivity index (χ2n) is 7.86. The minimum absolute atomic E-state index is 0.0995. The van der Waals surface area contributed by atoms with Crippen LogP contribution in [0.5, 0.6) is 5.75 Å². The number of hydrogen-bond donors (Lipinski definition) is 1. The van der Waals surface area contributed by atoms with Gasteiger partial charge in [0.25, 0.3) is 11.8 Å². The van der Waals surface area contributed by atoms with Crippen molar-refractivity contribution in [2.75, 3.05) is 17.7 Å². The lowest BCUT2D eigenvalue weighted by Gasteiger charge is -2.49. The molecule has 1 aromatic rings. The molecule has 0 radical (unpaired) electrons. The van der Waals surface area contributed by atoms with Crippen molar-refractivity contribution in [3.05, 3.63) is 41.6 Å². The van der Waals surface area contributed by atoms with Crippen LogP contribution >= 0.6 is 15.9 Å². The summed E-state index contributed by atoms with van der Waals surface area (Å²) < 4.78 is 23.5. The molecule has 0 spiro atoms. The van der Waals surface area contributed by atoms with Gasteiger partial charge in [0.1, 0.15) is 28.5 Å². The van der Waals surface area contributed by atoms with Gasteiger partial charge in [0.2, 0.25) is 0 Å². The Morgan fingerprint density at radius 1 is 1.27 bits per heavy atom. The van der Waals surface area contributed by atoms with Crippen molar-refractivity contribution in [2.45, 2.75) is 37.8 Å². The molecule has 2 amide bonds. The number of halogens is 1. The van der Waals surface area contributed by atoms with Crippen LogP contribution in [0.1, 0.15) is 20.8 Å². The number of alkyl halides is 1. The van der Waals surface area contributed by atoms with Gasteiger partial charge in [0.15, 0.2) is 6.61 Å². The molecule has 2 aliphatic rings. The van der Waals surface area contributed by atoms with E-state index in [1.807, 2.05) is 6.07 Å². The molecule has 162 valence electrons. The maximum Gasteiger partial charge on any atom is 0.355 e. The molecule has 30 heavy (non-hydrogen) atoms. The lowest BCUT2D eigenvalue weighted by molar-refractivity contribution is -0.159. The first kappa shape index (κ1) is 22.5. The van der Waals surface area contributed by atoms with E-state index in [0.717, 1.165) is 0 Å². The molecule has 0 aromatic heterocycles. The van der Waals surface area contributed by atoms with Crippen LogP contribution in [0.2, 0.25) is 0 Å². The van der Waals surface area contributed by atoms with Gasteiger partial charge < -0.3 is 14.8 Å². The minimum Gasteiger partial charge on any atom is -0.484 e. The van der Waals surface area contributed by atoms with E-state index in [1.165, 1.54) is 4.90 Å². The van der Waals surface area contributed by atoms with Gasteiger partial charge >= 0.3 is 5.97 Å². The molecule has 1 aromatic carbocycles. The lowest BCUT2D eigenvalue weighted by atomic mass is 10.0. The van der Waals surface area contributed by atoms with E-state index in [-0.39, 0.29) is 23.4 Å². The Kier molecular flexibility index (Phi) is 6.66. The minimum atomic E-state index is -1.47. The number of benzene rings is 1. The summed E-state index contributed by atoms with van der Waals surface area (Å²) in [4.78, 5) is 38.9. The van der Waals surface area contributed by atoms with E-state index < -0.39 is 45.6 Å². The van der Waals surface area contributed by atoms with Gasteiger partial charge in [-0.1, -0.05) is 34.1 Å². The van der Waals surface area contributed by atoms with E-state index in [1.54, 1.807) is 45.0 Å². The highest BCUT2D eigenvalue weighted by Crippen LogP contribution is 2.36. The highest BCUT2D eigenvalue weighted by atomic mass is 79.9. The van der Waals surface area contributed by atoms with E-state index >= 15 is 0 Å². The standard InChI is InChI=1S/C20H23BrN2O6S/c1-20(2,3)29-19(26)16-12(9-21)11-30(27)18-15(17(25)23(16)18)22-14(24)10-28-13-7-5-4-6-8-13/h4-8,15,18H,9-11H2,1-3H3,(H,22,24)/t15-,18-,30+/m1/s1. The Labute approximate surface area is 185 Å². The first-order valence-corrected chi connectivity index (χ1v) is 11.8. The van der Waals surface area contributed by atoms with Gasteiger partial charge in [-0.3, -0.25) is 18.7 Å². The molecule has 1 saturated heterocycles. The van der Waals surface area contributed by atoms with Crippen molar-refractivity contribution in [3.63, 3.8) is 0 Å². The first-order chi connectivity index (χ1) is 14.1. The van der Waals surface area contributed by atoms with Crippen LogP contribution in [0.25, 0.3) is 0 Å². The van der Waals surface area contributed by atoms with Gasteiger partial charge in [-0.2, -0.15) is 0 Å². The molecule has 0 saturated carbocycles. The predicted octanol–water partition coefficient (Wildman–Crippen LogP) is 1.47. The summed E-state index contributed by atoms with van der Waals surface area (Å²) in [5.74, 6) is -1.03. The number of amides is 2. The van der Waals surface area contributed by atoms with Crippen LogP contribution in [-0.2, 0) is 29.9 Å². The second kappa shape index (κ2) is 8.89. The summed E-state index contributed by atoms with van der Waals surface area (Å²) in [6, 6.07) is 7.81. The molecule has 3 rings (SSSR count). The Morgan fingerprint density at radius 2 is 1.93 bits per heavy atom. The number of β-lactam (4-membered cyclic amide) rings is 1. The zero-order valence-electron chi connectivity index (χ0n) is 16.8. The SMILES string of the molecule is CC(C)(C)OC(=O)C1=C(CBr)C[S@](=O)[C@@H]2[C@H](NC(=O)COc3ccccc3)C(=O)N12. The van der Waals surface area contributed by atoms with Crippen LogP contribution in [0.15, 0.2) is 41.6 Å². The quantitative estimate of drug-likeness (QED) is 0.362. The van der Waals surface area contributed by atoms with Crippen molar-refractivity contribution in [3.8, 4) is 5.75 Å². The van der Waals surface area contributed by atoms with E-state index in [2.05, 4.69) is 21.2 Å². The van der Waals surface area contributed by atoms with Gasteiger partial charge in [0.05, 0.1) is 16.6 Å². The summed E-state index contributed by atoms with van der Waals surface area (Å²) in [6.45, 7) is 4.90. The normalized spacial score (nSPS) is 23.4. The Bertz CT molecular complexity index is 912. The van der Waals surface area contributed by atoms with Crippen molar-refractivity contribution in [2.24, 2.45) is 0 Å². The Morgan fingerprint density at radius 3 is 2.53 bits per heavy atom.